The van der Waals surface area contributed by atoms with Crippen molar-refractivity contribution in [2.75, 3.05) is 0 Å². The van der Waals surface area contributed by atoms with E-state index >= 15 is 0 Å². The van der Waals surface area contributed by atoms with Crippen molar-refractivity contribution >= 4 is 0 Å². The van der Waals surface area contributed by atoms with Crippen molar-refractivity contribution < 1.29 is 4.39 Å². The second kappa shape index (κ2) is 8.56. The summed E-state index contributed by atoms with van der Waals surface area (Å²) in [4.78, 5) is 0. The van der Waals surface area contributed by atoms with Crippen LogP contribution in [-0.4, -0.2) is 0 Å². The zero-order valence-corrected chi connectivity index (χ0v) is 13.8. The van der Waals surface area contributed by atoms with E-state index in [0.717, 1.165) is 29.7 Å². The summed E-state index contributed by atoms with van der Waals surface area (Å²) < 4.78 is 13.1. The third-order valence-electron chi connectivity index (χ3n) is 5.56. The average molecular weight is 290 g/mol. The van der Waals surface area contributed by atoms with Gasteiger partial charge >= 0.3 is 0 Å². The zero-order chi connectivity index (χ0) is 15.1. The Kier molecular flexibility index (Phi) is 6.73. The van der Waals surface area contributed by atoms with Gasteiger partial charge in [-0.3, -0.25) is 0 Å². The summed E-state index contributed by atoms with van der Waals surface area (Å²) in [7, 11) is 0. The summed E-state index contributed by atoms with van der Waals surface area (Å²) in [6.07, 6.45) is 12.0. The van der Waals surface area contributed by atoms with Gasteiger partial charge in [-0.15, -0.1) is 0 Å². The maximum absolute atomic E-state index is 13.1. The van der Waals surface area contributed by atoms with E-state index < -0.39 is 0 Å². The summed E-state index contributed by atoms with van der Waals surface area (Å²) in [5, 5.41) is 0. The van der Waals surface area contributed by atoms with Crippen LogP contribution in [0.3, 0.4) is 0 Å². The van der Waals surface area contributed by atoms with Crippen LogP contribution in [0.4, 0.5) is 4.39 Å². The molecule has 2 rings (SSSR count). The molecule has 1 fully saturated rings. The number of benzene rings is 1. The molecule has 1 heteroatoms. The molecular weight excluding hydrogens is 259 g/mol. The molecule has 0 amide bonds. The highest BCUT2D eigenvalue weighted by Crippen LogP contribution is 2.36. The predicted octanol–water partition coefficient (Wildman–Crippen LogP) is 6.39. The van der Waals surface area contributed by atoms with Gasteiger partial charge in [-0.1, -0.05) is 58.1 Å². The standard InChI is InChI=1S/C20H31F/c1-3-16(2)19-13-11-17(12-14-19)7-4-5-8-18-9-6-10-20(21)15-18/h6,9-10,15-17,19H,3-5,7-8,11-14H2,1-2H3. The van der Waals surface area contributed by atoms with Gasteiger partial charge in [0.05, 0.1) is 0 Å². The summed E-state index contributed by atoms with van der Waals surface area (Å²) in [6, 6.07) is 7.07. The first kappa shape index (κ1) is 16.5. The maximum atomic E-state index is 13.1. The Morgan fingerprint density at radius 1 is 1.14 bits per heavy atom. The molecule has 1 aromatic carbocycles. The van der Waals surface area contributed by atoms with Crippen molar-refractivity contribution in [2.45, 2.75) is 71.6 Å². The van der Waals surface area contributed by atoms with Gasteiger partial charge in [0, 0.05) is 0 Å². The molecular formula is C20H31F. The SMILES string of the molecule is CCC(C)C1CCC(CCCCc2cccc(F)c2)CC1. The molecule has 0 N–H and O–H groups in total. The monoisotopic (exact) mass is 290 g/mol. The molecule has 21 heavy (non-hydrogen) atoms. The molecule has 0 saturated heterocycles. The quantitative estimate of drug-likeness (QED) is 0.510. The Morgan fingerprint density at radius 2 is 1.90 bits per heavy atom. The van der Waals surface area contributed by atoms with Crippen LogP contribution < -0.4 is 0 Å². The summed E-state index contributed by atoms with van der Waals surface area (Å²) in [5.41, 5.74) is 1.15. The average Bonchev–Trinajstić information content (AvgIpc) is 2.51. The van der Waals surface area contributed by atoms with E-state index in [4.69, 9.17) is 0 Å². The predicted molar refractivity (Wildman–Crippen MR) is 88.9 cm³/mol. The maximum Gasteiger partial charge on any atom is 0.123 e. The topological polar surface area (TPSA) is 0 Å². The van der Waals surface area contributed by atoms with Crippen molar-refractivity contribution in [1.82, 2.24) is 0 Å². The second-order valence-corrected chi connectivity index (χ2v) is 7.04. The van der Waals surface area contributed by atoms with Crippen molar-refractivity contribution in [1.29, 1.82) is 0 Å². The Morgan fingerprint density at radius 3 is 2.57 bits per heavy atom. The Labute approximate surface area is 130 Å². The van der Waals surface area contributed by atoms with Crippen molar-refractivity contribution in [3.05, 3.63) is 35.6 Å². The smallest absolute Gasteiger partial charge is 0.123 e. The van der Waals surface area contributed by atoms with E-state index in [9.17, 15) is 4.39 Å². The molecule has 0 spiro atoms. The van der Waals surface area contributed by atoms with E-state index in [2.05, 4.69) is 13.8 Å². The van der Waals surface area contributed by atoms with Crippen molar-refractivity contribution in [2.24, 2.45) is 17.8 Å². The van der Waals surface area contributed by atoms with Crippen LogP contribution in [-0.2, 0) is 6.42 Å². The van der Waals surface area contributed by atoms with Gasteiger partial charge in [0.15, 0.2) is 0 Å². The van der Waals surface area contributed by atoms with Crippen molar-refractivity contribution in [3.8, 4) is 0 Å². The van der Waals surface area contributed by atoms with Crippen LogP contribution in [0.1, 0.15) is 70.8 Å². The number of hydrogen-bond donors (Lipinski definition) is 0. The second-order valence-electron chi connectivity index (χ2n) is 7.04. The number of unbranched alkanes of at least 4 members (excludes halogenated alkanes) is 1. The van der Waals surface area contributed by atoms with Gasteiger partial charge in [0.1, 0.15) is 5.82 Å². The number of aryl methyl sites for hydroxylation is 1. The largest absolute Gasteiger partial charge is 0.207 e. The number of halogens is 1. The molecule has 1 aliphatic rings. The lowest BCUT2D eigenvalue weighted by Crippen LogP contribution is -2.19. The molecule has 1 unspecified atom stereocenters. The van der Waals surface area contributed by atoms with Gasteiger partial charge in [0.2, 0.25) is 0 Å². The molecule has 0 nitrogen and oxygen atoms in total. The lowest BCUT2D eigenvalue weighted by Gasteiger charge is -2.32. The third kappa shape index (κ3) is 5.45. The van der Waals surface area contributed by atoms with Crippen LogP contribution >= 0.6 is 0 Å². The highest BCUT2D eigenvalue weighted by atomic mass is 19.1. The molecule has 0 radical (unpaired) electrons. The van der Waals surface area contributed by atoms with Crippen LogP contribution in [0.2, 0.25) is 0 Å². The van der Waals surface area contributed by atoms with Gasteiger partial charge in [0.25, 0.3) is 0 Å². The van der Waals surface area contributed by atoms with E-state index in [1.165, 1.54) is 57.4 Å². The molecule has 118 valence electrons. The molecule has 0 bridgehead atoms. The first-order chi connectivity index (χ1) is 10.2. The van der Waals surface area contributed by atoms with Crippen LogP contribution in [0.25, 0.3) is 0 Å². The fourth-order valence-electron chi connectivity index (χ4n) is 3.83. The van der Waals surface area contributed by atoms with E-state index in [1.807, 2.05) is 12.1 Å². The van der Waals surface area contributed by atoms with E-state index in [-0.39, 0.29) is 5.82 Å². The highest BCUT2D eigenvalue weighted by molar-refractivity contribution is 5.16. The van der Waals surface area contributed by atoms with E-state index in [1.54, 1.807) is 6.07 Å². The Bertz CT molecular complexity index is 404. The minimum atomic E-state index is -0.101. The first-order valence-electron chi connectivity index (χ1n) is 8.93. The van der Waals surface area contributed by atoms with Gasteiger partial charge in [-0.05, 0) is 61.1 Å². The summed E-state index contributed by atoms with van der Waals surface area (Å²) >= 11 is 0. The lowest BCUT2D eigenvalue weighted by molar-refractivity contribution is 0.202. The fourth-order valence-corrected chi connectivity index (χ4v) is 3.83. The number of rotatable bonds is 7. The normalized spacial score (nSPS) is 24.0. The molecule has 0 heterocycles. The fraction of sp³-hybridized carbons (Fsp3) is 0.700. The van der Waals surface area contributed by atoms with E-state index in [0.29, 0.717) is 0 Å². The van der Waals surface area contributed by atoms with Gasteiger partial charge in [-0.25, -0.2) is 4.39 Å². The molecule has 1 atom stereocenters. The van der Waals surface area contributed by atoms with Gasteiger partial charge < -0.3 is 0 Å². The zero-order valence-electron chi connectivity index (χ0n) is 13.8. The minimum Gasteiger partial charge on any atom is -0.207 e. The third-order valence-corrected chi connectivity index (χ3v) is 5.56. The van der Waals surface area contributed by atoms with Crippen LogP contribution in [0, 0.1) is 23.6 Å². The van der Waals surface area contributed by atoms with Crippen LogP contribution in [0.15, 0.2) is 24.3 Å². The Hall–Kier alpha value is -0.850. The minimum absolute atomic E-state index is 0.101. The highest BCUT2D eigenvalue weighted by Gasteiger charge is 2.23. The van der Waals surface area contributed by atoms with Gasteiger partial charge in [-0.2, -0.15) is 0 Å². The molecule has 0 aliphatic heterocycles. The number of hydrogen-bond acceptors (Lipinski definition) is 0. The molecule has 1 aromatic rings. The lowest BCUT2D eigenvalue weighted by atomic mass is 9.74. The molecule has 1 aliphatic carbocycles. The molecule has 1 saturated carbocycles. The Balaban J connectivity index is 1.60. The first-order valence-corrected chi connectivity index (χ1v) is 8.93. The van der Waals surface area contributed by atoms with Crippen LogP contribution in [0.5, 0.6) is 0 Å². The summed E-state index contributed by atoms with van der Waals surface area (Å²) in [5.74, 6) is 2.76. The summed E-state index contributed by atoms with van der Waals surface area (Å²) in [6.45, 7) is 4.74. The van der Waals surface area contributed by atoms with Crippen molar-refractivity contribution in [3.63, 3.8) is 0 Å². The molecule has 0 aromatic heterocycles.